The zero-order valence-electron chi connectivity index (χ0n) is 23.1. The molecule has 0 aliphatic carbocycles. The van der Waals surface area contributed by atoms with Crippen molar-refractivity contribution >= 4 is 35.1 Å². The predicted molar refractivity (Wildman–Crippen MR) is 146 cm³/mol. The Balaban J connectivity index is 1.70. The molecule has 3 rings (SSSR count). The third kappa shape index (κ3) is 7.31. The zero-order chi connectivity index (χ0) is 28.5. The van der Waals surface area contributed by atoms with E-state index in [4.69, 9.17) is 14.2 Å². The Labute approximate surface area is 227 Å². The van der Waals surface area contributed by atoms with Gasteiger partial charge in [0, 0.05) is 63.1 Å². The topological polar surface area (TPSA) is 122 Å². The van der Waals surface area contributed by atoms with Gasteiger partial charge >= 0.3 is 0 Å². The standard InChI is InChI=1S/C28H37FN4O6/c1-6-39-24(28(36)33(11-13-37-4)12-14-38-5)9-10-30-27(35)25-17(2)23(31-18(25)3)16-21-20-15-19(29)7-8-22(20)32-26(21)34/h7-8,15-16,24,31H,6,9-14H2,1-5H3,(H,30,35)(H,32,34)/b21-16-. The molecular formula is C28H37FN4O6. The van der Waals surface area contributed by atoms with Crippen molar-refractivity contribution in [3.8, 4) is 0 Å². The van der Waals surface area contributed by atoms with E-state index in [0.29, 0.717) is 72.2 Å². The highest BCUT2D eigenvalue weighted by Crippen LogP contribution is 2.34. The molecule has 0 bridgehead atoms. The summed E-state index contributed by atoms with van der Waals surface area (Å²) in [5.41, 5.74) is 3.61. The molecule has 2 heterocycles. The van der Waals surface area contributed by atoms with Gasteiger partial charge in [-0.05, 0) is 57.0 Å². The minimum Gasteiger partial charge on any atom is -0.383 e. The molecule has 1 unspecified atom stereocenters. The fraction of sp³-hybridized carbons (Fsp3) is 0.464. The Bertz CT molecular complexity index is 1220. The fourth-order valence-corrected chi connectivity index (χ4v) is 4.53. The fourth-order valence-electron chi connectivity index (χ4n) is 4.53. The van der Waals surface area contributed by atoms with Gasteiger partial charge in [0.1, 0.15) is 11.9 Å². The van der Waals surface area contributed by atoms with Gasteiger partial charge in [-0.25, -0.2) is 4.39 Å². The number of ether oxygens (including phenoxy) is 3. The van der Waals surface area contributed by atoms with Crippen molar-refractivity contribution < 1.29 is 33.0 Å². The number of nitrogens with zero attached hydrogens (tertiary/aromatic N) is 1. The van der Waals surface area contributed by atoms with Crippen LogP contribution in [0.2, 0.25) is 0 Å². The van der Waals surface area contributed by atoms with Crippen LogP contribution in [0.1, 0.15) is 46.2 Å². The summed E-state index contributed by atoms with van der Waals surface area (Å²) >= 11 is 0. The lowest BCUT2D eigenvalue weighted by Crippen LogP contribution is -2.45. The van der Waals surface area contributed by atoms with Gasteiger partial charge in [0.15, 0.2) is 0 Å². The van der Waals surface area contributed by atoms with Crippen LogP contribution in [0, 0.1) is 19.7 Å². The third-order valence-electron chi connectivity index (χ3n) is 6.53. The number of H-pyrrole nitrogens is 1. The lowest BCUT2D eigenvalue weighted by molar-refractivity contribution is -0.145. The van der Waals surface area contributed by atoms with E-state index in [0.717, 1.165) is 0 Å². The van der Waals surface area contributed by atoms with Gasteiger partial charge in [0.05, 0.1) is 24.4 Å². The highest BCUT2D eigenvalue weighted by molar-refractivity contribution is 6.34. The minimum atomic E-state index is -0.723. The molecule has 0 spiro atoms. The summed E-state index contributed by atoms with van der Waals surface area (Å²) < 4.78 is 29.8. The molecule has 3 N–H and O–H groups in total. The summed E-state index contributed by atoms with van der Waals surface area (Å²) in [4.78, 5) is 43.5. The van der Waals surface area contributed by atoms with Crippen LogP contribution >= 0.6 is 0 Å². The van der Waals surface area contributed by atoms with Crippen molar-refractivity contribution in [3.63, 3.8) is 0 Å². The van der Waals surface area contributed by atoms with E-state index < -0.39 is 11.9 Å². The van der Waals surface area contributed by atoms with Crippen LogP contribution in [0.5, 0.6) is 0 Å². The molecule has 0 radical (unpaired) electrons. The number of aromatic nitrogens is 1. The number of anilines is 1. The number of methoxy groups -OCH3 is 2. The van der Waals surface area contributed by atoms with Crippen LogP contribution in [-0.4, -0.2) is 87.4 Å². The van der Waals surface area contributed by atoms with Gasteiger partial charge in [0.25, 0.3) is 17.7 Å². The molecule has 0 saturated carbocycles. The average Bonchev–Trinajstić information content (AvgIpc) is 3.37. The Kier molecular flexibility index (Phi) is 10.8. The summed E-state index contributed by atoms with van der Waals surface area (Å²) in [6.45, 7) is 7.51. The average molecular weight is 545 g/mol. The lowest BCUT2D eigenvalue weighted by atomic mass is 10.0. The Morgan fingerprint density at radius 2 is 1.85 bits per heavy atom. The second-order valence-corrected chi connectivity index (χ2v) is 9.17. The Morgan fingerprint density at radius 1 is 1.15 bits per heavy atom. The molecule has 39 heavy (non-hydrogen) atoms. The van der Waals surface area contributed by atoms with Crippen LogP contribution < -0.4 is 10.6 Å². The SMILES string of the molecule is CCOC(CCNC(=O)c1c(C)[nH]c(/C=C2\C(=O)Nc3ccc(F)cc32)c1C)C(=O)N(CCOC)CCOC. The molecular weight excluding hydrogens is 507 g/mol. The summed E-state index contributed by atoms with van der Waals surface area (Å²) in [5.74, 6) is -1.29. The molecule has 1 atom stereocenters. The van der Waals surface area contributed by atoms with Crippen LogP contribution in [0.4, 0.5) is 10.1 Å². The van der Waals surface area contributed by atoms with Crippen molar-refractivity contribution in [2.75, 3.05) is 59.0 Å². The number of hydrogen-bond donors (Lipinski definition) is 3. The maximum atomic E-state index is 13.8. The number of rotatable bonds is 14. The number of hydrogen-bond acceptors (Lipinski definition) is 6. The van der Waals surface area contributed by atoms with E-state index in [-0.39, 0.29) is 30.7 Å². The number of fused-ring (bicyclic) bond motifs is 1. The second-order valence-electron chi connectivity index (χ2n) is 9.17. The number of amides is 3. The van der Waals surface area contributed by atoms with Crippen LogP contribution in [-0.2, 0) is 23.8 Å². The van der Waals surface area contributed by atoms with Crippen LogP contribution in [0.25, 0.3) is 11.6 Å². The van der Waals surface area contributed by atoms with E-state index in [1.165, 1.54) is 18.2 Å². The van der Waals surface area contributed by atoms with Crippen molar-refractivity contribution in [1.29, 1.82) is 0 Å². The van der Waals surface area contributed by atoms with E-state index in [9.17, 15) is 18.8 Å². The molecule has 1 aromatic carbocycles. The molecule has 10 nitrogen and oxygen atoms in total. The molecule has 2 aromatic rings. The van der Waals surface area contributed by atoms with E-state index in [1.807, 2.05) is 6.92 Å². The van der Waals surface area contributed by atoms with Crippen molar-refractivity contribution in [2.24, 2.45) is 0 Å². The molecule has 1 aromatic heterocycles. The number of benzene rings is 1. The lowest BCUT2D eigenvalue weighted by Gasteiger charge is -2.27. The predicted octanol–water partition coefficient (Wildman–Crippen LogP) is 2.91. The zero-order valence-corrected chi connectivity index (χ0v) is 23.1. The summed E-state index contributed by atoms with van der Waals surface area (Å²) in [7, 11) is 3.14. The molecule has 3 amide bonds. The first-order valence-electron chi connectivity index (χ1n) is 12.9. The van der Waals surface area contributed by atoms with E-state index >= 15 is 0 Å². The highest BCUT2D eigenvalue weighted by atomic mass is 19.1. The largest absolute Gasteiger partial charge is 0.383 e. The van der Waals surface area contributed by atoms with Gasteiger partial charge in [-0.15, -0.1) is 0 Å². The van der Waals surface area contributed by atoms with Gasteiger partial charge < -0.3 is 34.7 Å². The number of aryl methyl sites for hydroxylation is 1. The summed E-state index contributed by atoms with van der Waals surface area (Å²) in [6, 6.07) is 4.11. The number of halogens is 1. The third-order valence-corrected chi connectivity index (χ3v) is 6.53. The van der Waals surface area contributed by atoms with Gasteiger partial charge in [0.2, 0.25) is 0 Å². The van der Waals surface area contributed by atoms with Gasteiger partial charge in [-0.1, -0.05) is 0 Å². The van der Waals surface area contributed by atoms with Crippen molar-refractivity contribution in [2.45, 2.75) is 33.3 Å². The van der Waals surface area contributed by atoms with Crippen LogP contribution in [0.3, 0.4) is 0 Å². The molecule has 0 fully saturated rings. The molecule has 1 aliphatic heterocycles. The molecule has 11 heteroatoms. The van der Waals surface area contributed by atoms with E-state index in [1.54, 1.807) is 39.0 Å². The number of nitrogens with one attached hydrogen (secondary N) is 3. The quantitative estimate of drug-likeness (QED) is 0.315. The first-order chi connectivity index (χ1) is 18.7. The maximum Gasteiger partial charge on any atom is 0.256 e. The minimum absolute atomic E-state index is 0.185. The van der Waals surface area contributed by atoms with Gasteiger partial charge in [-0.3, -0.25) is 14.4 Å². The normalized spacial score (nSPS) is 14.3. The molecule has 1 aliphatic rings. The Hall–Kier alpha value is -3.54. The first kappa shape index (κ1) is 30.0. The van der Waals surface area contributed by atoms with Crippen molar-refractivity contribution in [3.05, 3.63) is 52.1 Å². The Morgan fingerprint density at radius 3 is 2.49 bits per heavy atom. The van der Waals surface area contributed by atoms with Crippen molar-refractivity contribution in [1.82, 2.24) is 15.2 Å². The van der Waals surface area contributed by atoms with Gasteiger partial charge in [-0.2, -0.15) is 0 Å². The van der Waals surface area contributed by atoms with E-state index in [2.05, 4.69) is 15.6 Å². The smallest absolute Gasteiger partial charge is 0.256 e. The molecule has 212 valence electrons. The number of carbonyl (C=O) groups excluding carboxylic acids is 3. The first-order valence-corrected chi connectivity index (χ1v) is 12.9. The second kappa shape index (κ2) is 14.0. The highest BCUT2D eigenvalue weighted by Gasteiger charge is 2.27. The van der Waals surface area contributed by atoms with Crippen LogP contribution in [0.15, 0.2) is 18.2 Å². The molecule has 0 saturated heterocycles. The maximum absolute atomic E-state index is 13.8. The monoisotopic (exact) mass is 544 g/mol. The number of aromatic amines is 1. The number of carbonyl (C=O) groups is 3. The summed E-state index contributed by atoms with van der Waals surface area (Å²) in [5, 5.41) is 5.60. The summed E-state index contributed by atoms with van der Waals surface area (Å²) in [6.07, 6.45) is 1.19.